The number of thiocarbonyl (C=S) groups is 1. The molecule has 182 valence electrons. The van der Waals surface area contributed by atoms with Crippen molar-refractivity contribution in [1.82, 2.24) is 10.2 Å². The maximum absolute atomic E-state index is 13.5. The maximum Gasteiger partial charge on any atom is 0.272 e. The van der Waals surface area contributed by atoms with E-state index in [1.165, 1.54) is 12.1 Å². The summed E-state index contributed by atoms with van der Waals surface area (Å²) in [5.74, 6) is -0.466. The Bertz CT molecular complexity index is 1370. The van der Waals surface area contributed by atoms with Crippen LogP contribution >= 0.6 is 23.8 Å². The summed E-state index contributed by atoms with van der Waals surface area (Å²) in [5, 5.41) is 4.21. The summed E-state index contributed by atoms with van der Waals surface area (Å²) in [6.45, 7) is 1.26. The average molecular weight is 519 g/mol. The minimum atomic E-state index is -0.897. The van der Waals surface area contributed by atoms with Crippen molar-refractivity contribution in [1.29, 1.82) is 0 Å². The smallest absolute Gasteiger partial charge is 0.272 e. The van der Waals surface area contributed by atoms with Crippen LogP contribution in [-0.4, -0.2) is 47.9 Å². The Hall–Kier alpha value is -3.55. The van der Waals surface area contributed by atoms with E-state index in [0.29, 0.717) is 28.9 Å². The van der Waals surface area contributed by atoms with Gasteiger partial charge in [-0.25, -0.2) is 9.38 Å². The number of nitrogens with one attached hydrogen (secondary N) is 1. The molecule has 1 amide bonds. The SMILES string of the molecule is CN1C(=O)C(NC(=S)N2CC=C(c3ccc(F)cc3)CC2)N=C(c2ccccc2)c2cc(Cl)ccc21. The minimum absolute atomic E-state index is 0.216. The van der Waals surface area contributed by atoms with E-state index in [4.69, 9.17) is 28.8 Å². The molecule has 1 N–H and O–H groups in total. The van der Waals surface area contributed by atoms with Gasteiger partial charge in [0.2, 0.25) is 6.17 Å². The van der Waals surface area contributed by atoms with E-state index in [-0.39, 0.29) is 11.7 Å². The fraction of sp³-hybridized carbons (Fsp3) is 0.179. The summed E-state index contributed by atoms with van der Waals surface area (Å²) in [4.78, 5) is 21.9. The summed E-state index contributed by atoms with van der Waals surface area (Å²) in [6.07, 6.45) is 1.95. The number of benzene rings is 3. The van der Waals surface area contributed by atoms with E-state index in [1.54, 1.807) is 30.1 Å². The zero-order valence-corrected chi connectivity index (χ0v) is 21.2. The van der Waals surface area contributed by atoms with Gasteiger partial charge in [-0.3, -0.25) is 4.79 Å². The lowest BCUT2D eigenvalue weighted by Gasteiger charge is -2.31. The van der Waals surface area contributed by atoms with Crippen molar-refractivity contribution in [2.24, 2.45) is 4.99 Å². The van der Waals surface area contributed by atoms with E-state index in [9.17, 15) is 9.18 Å². The molecule has 0 aliphatic carbocycles. The third-order valence-corrected chi connectivity index (χ3v) is 7.03. The molecule has 0 fully saturated rings. The molecule has 0 spiro atoms. The highest BCUT2D eigenvalue weighted by Gasteiger charge is 2.31. The number of carbonyl (C=O) groups excluding carboxylic acids is 1. The zero-order chi connectivity index (χ0) is 25.2. The van der Waals surface area contributed by atoms with Crippen molar-refractivity contribution in [2.45, 2.75) is 12.6 Å². The third-order valence-electron chi connectivity index (χ3n) is 6.42. The fourth-order valence-electron chi connectivity index (χ4n) is 4.45. The highest BCUT2D eigenvalue weighted by atomic mass is 35.5. The number of hydrogen-bond acceptors (Lipinski definition) is 3. The lowest BCUT2D eigenvalue weighted by Crippen LogP contribution is -2.51. The molecule has 1 atom stereocenters. The molecule has 1 unspecified atom stereocenters. The van der Waals surface area contributed by atoms with E-state index in [2.05, 4.69) is 11.4 Å². The first-order valence-electron chi connectivity index (χ1n) is 11.6. The van der Waals surface area contributed by atoms with Crippen LogP contribution in [0.5, 0.6) is 0 Å². The summed E-state index contributed by atoms with van der Waals surface area (Å²) in [6, 6.07) is 21.7. The number of likely N-dealkylation sites (N-methyl/N-ethyl adjacent to an activating group) is 1. The maximum atomic E-state index is 13.5. The van der Waals surface area contributed by atoms with Gasteiger partial charge >= 0.3 is 0 Å². The van der Waals surface area contributed by atoms with E-state index >= 15 is 0 Å². The van der Waals surface area contributed by atoms with Gasteiger partial charge in [-0.1, -0.05) is 60.1 Å². The van der Waals surface area contributed by atoms with Crippen LogP contribution < -0.4 is 10.2 Å². The predicted molar refractivity (Wildman–Crippen MR) is 147 cm³/mol. The monoisotopic (exact) mass is 518 g/mol. The van der Waals surface area contributed by atoms with E-state index in [0.717, 1.165) is 34.4 Å². The number of fused-ring (bicyclic) bond motifs is 1. The molecule has 0 saturated carbocycles. The second-order valence-electron chi connectivity index (χ2n) is 8.69. The van der Waals surface area contributed by atoms with Gasteiger partial charge in [-0.15, -0.1) is 0 Å². The van der Waals surface area contributed by atoms with Crippen molar-refractivity contribution < 1.29 is 9.18 Å². The van der Waals surface area contributed by atoms with Crippen molar-refractivity contribution >= 4 is 51.8 Å². The number of nitrogens with zero attached hydrogens (tertiary/aromatic N) is 3. The normalized spacial score (nSPS) is 17.6. The molecule has 2 aliphatic heterocycles. The predicted octanol–water partition coefficient (Wildman–Crippen LogP) is 5.28. The Labute approximate surface area is 219 Å². The summed E-state index contributed by atoms with van der Waals surface area (Å²) >= 11 is 12.0. The number of anilines is 1. The number of amides is 1. The topological polar surface area (TPSA) is 47.9 Å². The first-order chi connectivity index (χ1) is 17.4. The first kappa shape index (κ1) is 24.2. The highest BCUT2D eigenvalue weighted by molar-refractivity contribution is 7.80. The molecule has 0 saturated heterocycles. The molecule has 5 nitrogen and oxygen atoms in total. The largest absolute Gasteiger partial charge is 0.345 e. The Morgan fingerprint density at radius 2 is 1.83 bits per heavy atom. The van der Waals surface area contributed by atoms with Gasteiger partial charge in [0.15, 0.2) is 5.11 Å². The van der Waals surface area contributed by atoms with Crippen LogP contribution in [0.25, 0.3) is 5.57 Å². The van der Waals surface area contributed by atoms with Gasteiger partial charge in [0, 0.05) is 36.3 Å². The van der Waals surface area contributed by atoms with Crippen molar-refractivity contribution in [2.75, 3.05) is 25.0 Å². The molecule has 3 aromatic carbocycles. The lowest BCUT2D eigenvalue weighted by molar-refractivity contribution is -0.119. The van der Waals surface area contributed by atoms with Crippen LogP contribution in [0.2, 0.25) is 5.02 Å². The molecule has 0 aromatic heterocycles. The zero-order valence-electron chi connectivity index (χ0n) is 19.6. The number of rotatable bonds is 3. The molecule has 3 aromatic rings. The highest BCUT2D eigenvalue weighted by Crippen LogP contribution is 2.30. The Morgan fingerprint density at radius 1 is 1.08 bits per heavy atom. The van der Waals surface area contributed by atoms with Gasteiger partial charge < -0.3 is 15.1 Å². The van der Waals surface area contributed by atoms with Gasteiger partial charge in [0.1, 0.15) is 5.82 Å². The van der Waals surface area contributed by atoms with Crippen molar-refractivity contribution in [3.63, 3.8) is 0 Å². The second kappa shape index (κ2) is 10.2. The van der Waals surface area contributed by atoms with E-state index in [1.807, 2.05) is 47.4 Å². The molecule has 8 heteroatoms. The standard InChI is InChI=1S/C28H24ClFN4OS/c1-33-24-12-9-21(29)17-23(24)25(20-5-3-2-4-6-20)31-26(27(33)35)32-28(36)34-15-13-19(14-16-34)18-7-10-22(30)11-8-18/h2-13,17,26H,14-16H2,1H3,(H,32,36). The molecule has 0 bridgehead atoms. The van der Waals surface area contributed by atoms with Crippen LogP contribution in [0.15, 0.2) is 83.9 Å². The summed E-state index contributed by atoms with van der Waals surface area (Å²) < 4.78 is 13.3. The number of carbonyl (C=O) groups is 1. The Morgan fingerprint density at radius 3 is 2.53 bits per heavy atom. The van der Waals surface area contributed by atoms with Crippen LogP contribution in [0.3, 0.4) is 0 Å². The van der Waals surface area contributed by atoms with Crippen LogP contribution in [0, 0.1) is 5.82 Å². The van der Waals surface area contributed by atoms with Gasteiger partial charge in [-0.05, 0) is 60.1 Å². The number of halogens is 2. The van der Waals surface area contributed by atoms with Crippen molar-refractivity contribution in [3.8, 4) is 0 Å². The Kier molecular flexibility index (Phi) is 6.85. The number of aliphatic imine (C=N–C) groups is 1. The van der Waals surface area contributed by atoms with Crippen LogP contribution in [-0.2, 0) is 4.79 Å². The number of benzodiazepines with no additional fused rings is 1. The molecular formula is C28H24ClFN4OS. The quantitative estimate of drug-likeness (QED) is 0.479. The molecule has 36 heavy (non-hydrogen) atoms. The van der Waals surface area contributed by atoms with Gasteiger partial charge in [-0.2, -0.15) is 0 Å². The molecule has 2 aliphatic rings. The van der Waals surface area contributed by atoms with Crippen LogP contribution in [0.4, 0.5) is 10.1 Å². The van der Waals surface area contributed by atoms with Crippen LogP contribution in [0.1, 0.15) is 23.1 Å². The summed E-state index contributed by atoms with van der Waals surface area (Å²) in [7, 11) is 1.73. The second-order valence-corrected chi connectivity index (χ2v) is 9.51. The van der Waals surface area contributed by atoms with E-state index < -0.39 is 6.17 Å². The minimum Gasteiger partial charge on any atom is -0.345 e. The van der Waals surface area contributed by atoms with Gasteiger partial charge in [0.25, 0.3) is 5.91 Å². The first-order valence-corrected chi connectivity index (χ1v) is 12.4. The molecule has 5 rings (SSSR count). The summed E-state index contributed by atoms with van der Waals surface area (Å²) in [5.41, 5.74) is 5.21. The third kappa shape index (κ3) is 4.90. The number of hydrogen-bond donors (Lipinski definition) is 1. The Balaban J connectivity index is 1.41. The van der Waals surface area contributed by atoms with Crippen molar-refractivity contribution in [3.05, 3.63) is 106 Å². The lowest BCUT2D eigenvalue weighted by atomic mass is 10.00. The molecule has 2 heterocycles. The fourth-order valence-corrected chi connectivity index (χ4v) is 4.90. The average Bonchev–Trinajstić information content (AvgIpc) is 3.00. The van der Waals surface area contributed by atoms with Gasteiger partial charge in [0.05, 0.1) is 11.4 Å². The molecular weight excluding hydrogens is 495 g/mol. The molecule has 0 radical (unpaired) electrons.